The van der Waals surface area contributed by atoms with E-state index in [0.717, 1.165) is 0 Å². The van der Waals surface area contributed by atoms with E-state index in [1.54, 1.807) is 0 Å². The van der Waals surface area contributed by atoms with Gasteiger partial charge in [0.05, 0.1) is 0 Å². The largest absolute Gasteiger partial charge is 0.207 e. The van der Waals surface area contributed by atoms with Crippen molar-refractivity contribution in [2.75, 3.05) is 0 Å². The van der Waals surface area contributed by atoms with E-state index in [1.165, 1.54) is 70.3 Å². The average Bonchev–Trinajstić information content (AvgIpc) is 0.720. The smallest absolute Gasteiger partial charge is 0.200 e. The lowest BCUT2D eigenvalue weighted by Gasteiger charge is -2.44. The molecular weight excluding hydrogens is 1190 g/mol. The molecule has 0 saturated carbocycles. The summed E-state index contributed by atoms with van der Waals surface area (Å²) >= 11 is 3.05. The number of aryl methyl sites for hydroxylation is 1. The van der Waals surface area contributed by atoms with Crippen LogP contribution in [0.3, 0.4) is 0 Å². The maximum Gasteiger partial charge on any atom is 0.200 e. The molecule has 0 atom stereocenters. The Morgan fingerprint density at radius 1 is 0.274 bits per heavy atom. The minimum absolute atomic E-state index is 1.22. The van der Waals surface area contributed by atoms with Gasteiger partial charge in [-0.25, -0.2) is 87.8 Å². The normalized spacial score (nSPS) is 11.5. The van der Waals surface area contributed by atoms with E-state index in [0.29, 0.717) is 0 Å². The van der Waals surface area contributed by atoms with Crippen LogP contribution in [0.15, 0.2) is 171 Å². The van der Waals surface area contributed by atoms with Crippen molar-refractivity contribution in [3.8, 4) is 33.4 Å². The molecule has 10 rings (SSSR count). The zero-order valence-corrected chi connectivity index (χ0v) is 43.6. The second kappa shape index (κ2) is 24.0. The lowest BCUT2D eigenvalue weighted by atomic mass is 9.12. The molecular formula is C61H29BF20S2. The first-order valence-corrected chi connectivity index (χ1v) is 25.8. The second-order valence-corrected chi connectivity index (χ2v) is 20.7. The standard InChI is InChI=1S/C37H28S2.C24BF20/c1-27-26-34(24-25-37(27)39-33-20-16-29(17-21-33)28-10-4-2-5-11-28)38-32-22-18-31(19-23-32)36-15-9-8-14-35(36)30-12-6-3-7-13-30;26-5-1(6(27)14(35)21(42)13(5)34)25(2-7(28)15(36)22(43)16(37)8(2)29,3-9(30)17(38)23(44)18(39)10(3)31)4-11(32)19(40)24(45)20(41)12(4)33/h2-26H,1H3;/q;-1/p+1. The first-order chi connectivity index (χ1) is 39.9. The minimum Gasteiger partial charge on any atom is -0.207 e. The molecule has 23 heteroatoms. The number of hydrogen-bond donors (Lipinski definition) is 0. The molecule has 84 heavy (non-hydrogen) atoms. The lowest BCUT2D eigenvalue weighted by molar-refractivity contribution is 0.378. The van der Waals surface area contributed by atoms with Crippen LogP contribution in [0.1, 0.15) is 5.56 Å². The molecule has 0 aliphatic carbocycles. The van der Waals surface area contributed by atoms with Crippen molar-refractivity contribution >= 4 is 51.5 Å². The summed E-state index contributed by atoms with van der Waals surface area (Å²) in [7, 11) is 0. The highest BCUT2D eigenvalue weighted by Gasteiger charge is 2.52. The molecule has 0 aliphatic heterocycles. The highest BCUT2D eigenvalue weighted by atomic mass is 32.2. The molecule has 0 N–H and O–H groups in total. The summed E-state index contributed by atoms with van der Waals surface area (Å²) in [5.41, 5.74) is -5.50. The summed E-state index contributed by atoms with van der Waals surface area (Å²) in [6.45, 7) is 2.21. The van der Waals surface area contributed by atoms with Crippen molar-refractivity contribution in [3.05, 3.63) is 274 Å². The Hall–Kier alpha value is -8.44. The van der Waals surface area contributed by atoms with E-state index < -0.39 is 144 Å². The maximum absolute atomic E-state index is 15.4. The molecule has 0 aromatic heterocycles. The Labute approximate surface area is 471 Å². The van der Waals surface area contributed by atoms with Crippen LogP contribution in [0.5, 0.6) is 0 Å². The SMILES string of the molecule is Cc1cc([SH+]c2ccc(-c3ccccc3-c3ccccc3)cc2)ccc1Sc1ccc(-c2ccccc2)cc1.Fc1c(F)c(F)c([B-](c2c(F)c(F)c(F)c(F)c2F)(c2c(F)c(F)c(F)c(F)c2F)c2c(F)c(F)c(F)c(F)c2F)c(F)c1F. The lowest BCUT2D eigenvalue weighted by Crippen LogP contribution is -2.81. The van der Waals surface area contributed by atoms with E-state index in [1.807, 2.05) is 11.8 Å². The van der Waals surface area contributed by atoms with Crippen LogP contribution in [0.25, 0.3) is 33.4 Å². The molecule has 0 saturated heterocycles. The van der Waals surface area contributed by atoms with E-state index in [-0.39, 0.29) is 0 Å². The number of benzene rings is 10. The minimum atomic E-state index is -7.22. The number of halogens is 20. The molecule has 0 fully saturated rings. The third-order valence-electron chi connectivity index (χ3n) is 13.5. The molecule has 0 amide bonds. The molecule has 0 bridgehead atoms. The molecule has 0 heterocycles. The quantitative estimate of drug-likeness (QED) is 0.0311. The van der Waals surface area contributed by atoms with Gasteiger partial charge in [0.1, 0.15) is 52.7 Å². The zero-order valence-electron chi connectivity index (χ0n) is 41.9. The molecule has 10 aromatic carbocycles. The Balaban J connectivity index is 0.000000203. The van der Waals surface area contributed by atoms with Crippen molar-refractivity contribution in [2.45, 2.75) is 26.5 Å². The maximum atomic E-state index is 15.4. The van der Waals surface area contributed by atoms with Crippen LogP contribution in [0.4, 0.5) is 87.8 Å². The monoisotopic (exact) mass is 1220 g/mol. The Morgan fingerprint density at radius 2 is 0.548 bits per heavy atom. The summed E-state index contributed by atoms with van der Waals surface area (Å²) in [6, 6.07) is 54.5. The summed E-state index contributed by atoms with van der Waals surface area (Å²) in [5, 5.41) is 0. The summed E-state index contributed by atoms with van der Waals surface area (Å²) < 4.78 is 294. The third-order valence-corrected chi connectivity index (χ3v) is 15.8. The van der Waals surface area contributed by atoms with Crippen molar-refractivity contribution < 1.29 is 87.8 Å². The van der Waals surface area contributed by atoms with Crippen molar-refractivity contribution in [2.24, 2.45) is 0 Å². The van der Waals surface area contributed by atoms with Crippen LogP contribution in [0, 0.1) is 123 Å². The number of hydrogen-bond acceptors (Lipinski definition) is 1. The molecule has 0 nitrogen and oxygen atoms in total. The van der Waals surface area contributed by atoms with Gasteiger partial charge in [-0.2, -0.15) is 0 Å². The summed E-state index contributed by atoms with van der Waals surface area (Å²) in [6.07, 6.45) is -7.22. The predicted octanol–water partition coefficient (Wildman–Crippen LogP) is 16.2. The van der Waals surface area contributed by atoms with Gasteiger partial charge in [-0.3, -0.25) is 0 Å². The average molecular weight is 1220 g/mol. The van der Waals surface area contributed by atoms with E-state index in [2.05, 4.69) is 159 Å². The van der Waals surface area contributed by atoms with Crippen LogP contribution >= 0.6 is 11.8 Å². The summed E-state index contributed by atoms with van der Waals surface area (Å²) in [4.78, 5) is 5.17. The third kappa shape index (κ3) is 10.6. The Kier molecular flexibility index (Phi) is 17.2. The first-order valence-electron chi connectivity index (χ1n) is 24.1. The molecule has 0 spiro atoms. The molecule has 0 unspecified atom stereocenters. The molecule has 0 aliphatic rings. The van der Waals surface area contributed by atoms with Gasteiger partial charge in [0.2, 0.25) is 0 Å². The van der Waals surface area contributed by atoms with E-state index >= 15 is 35.1 Å². The van der Waals surface area contributed by atoms with E-state index in [4.69, 9.17) is 0 Å². The van der Waals surface area contributed by atoms with Gasteiger partial charge in [0, 0.05) is 21.6 Å². The fourth-order valence-electron chi connectivity index (χ4n) is 9.63. The van der Waals surface area contributed by atoms with Gasteiger partial charge < -0.3 is 0 Å². The number of thiol groups is 1. The number of rotatable bonds is 11. The molecule has 428 valence electrons. The van der Waals surface area contributed by atoms with Gasteiger partial charge in [0.15, 0.2) is 79.6 Å². The Bertz CT molecular complexity index is 3800. The van der Waals surface area contributed by atoms with Gasteiger partial charge in [-0.15, -0.1) is 21.9 Å². The highest BCUT2D eigenvalue weighted by Crippen LogP contribution is 2.36. The first kappa shape index (κ1) is 60.2. The second-order valence-electron chi connectivity index (χ2n) is 18.3. The van der Waals surface area contributed by atoms with Gasteiger partial charge >= 0.3 is 0 Å². The van der Waals surface area contributed by atoms with Crippen LogP contribution < -0.4 is 21.9 Å². The van der Waals surface area contributed by atoms with Crippen molar-refractivity contribution in [1.82, 2.24) is 0 Å². The highest BCUT2D eigenvalue weighted by molar-refractivity contribution is 7.99. The predicted molar refractivity (Wildman–Crippen MR) is 279 cm³/mol. The molecule has 10 aromatic rings. The van der Waals surface area contributed by atoms with Crippen molar-refractivity contribution in [3.63, 3.8) is 0 Å². The summed E-state index contributed by atoms with van der Waals surface area (Å²) in [5.74, 6) is -71.4. The topological polar surface area (TPSA) is 0 Å². The van der Waals surface area contributed by atoms with Gasteiger partial charge in [0.25, 0.3) is 0 Å². The molecule has 0 radical (unpaired) electrons. The van der Waals surface area contributed by atoms with Crippen LogP contribution in [-0.4, -0.2) is 6.15 Å². The van der Waals surface area contributed by atoms with Crippen LogP contribution in [-0.2, 0) is 11.8 Å². The van der Waals surface area contributed by atoms with Crippen molar-refractivity contribution in [1.29, 1.82) is 0 Å². The van der Waals surface area contributed by atoms with Gasteiger partial charge in [-0.05, 0) is 100 Å². The van der Waals surface area contributed by atoms with Gasteiger partial charge in [-0.1, -0.05) is 109 Å². The fourth-order valence-corrected chi connectivity index (χ4v) is 11.5. The van der Waals surface area contributed by atoms with Crippen LogP contribution in [0.2, 0.25) is 0 Å². The zero-order chi connectivity index (χ0) is 60.8. The fraction of sp³-hybridized carbons (Fsp3) is 0.0164. The van der Waals surface area contributed by atoms with E-state index in [9.17, 15) is 52.7 Å². The Morgan fingerprint density at radius 3 is 0.893 bits per heavy atom.